The molecule has 0 spiro atoms. The highest BCUT2D eigenvalue weighted by Crippen LogP contribution is 2.03. The van der Waals surface area contributed by atoms with E-state index in [4.69, 9.17) is 5.73 Å². The summed E-state index contributed by atoms with van der Waals surface area (Å²) < 4.78 is 25.6. The second kappa shape index (κ2) is 5.09. The number of rotatable bonds is 4. The van der Waals surface area contributed by atoms with Crippen LogP contribution in [0.4, 0.5) is 0 Å². The van der Waals surface area contributed by atoms with Crippen molar-refractivity contribution in [1.29, 1.82) is 0 Å². The van der Waals surface area contributed by atoms with E-state index in [-0.39, 0.29) is 6.42 Å². The van der Waals surface area contributed by atoms with E-state index < -0.39 is 22.1 Å². The summed E-state index contributed by atoms with van der Waals surface area (Å²) in [5, 5.41) is 0. The lowest BCUT2D eigenvalue weighted by Gasteiger charge is -2.09. The molecule has 0 radical (unpaired) electrons. The van der Waals surface area contributed by atoms with Gasteiger partial charge >= 0.3 is 16.1 Å². The maximum Gasteiger partial charge on any atom is 0.339 e. The molecule has 88 valence electrons. The number of hydrogen-bond donors (Lipinski definition) is 1. The first-order valence-corrected chi connectivity index (χ1v) is 6.43. The van der Waals surface area contributed by atoms with E-state index in [0.29, 0.717) is 0 Å². The average molecular weight is 243 g/mol. The van der Waals surface area contributed by atoms with Crippen molar-refractivity contribution < 1.29 is 17.4 Å². The van der Waals surface area contributed by atoms with Gasteiger partial charge in [0.05, 0.1) is 6.26 Å². The molecule has 6 heteroatoms. The van der Waals surface area contributed by atoms with Gasteiger partial charge in [-0.05, 0) is 12.0 Å². The third-order valence-corrected chi connectivity index (χ3v) is 2.30. The van der Waals surface area contributed by atoms with Crippen molar-refractivity contribution in [2.24, 2.45) is 5.73 Å². The quantitative estimate of drug-likeness (QED) is 0.756. The zero-order valence-electron chi connectivity index (χ0n) is 8.79. The molecule has 0 amide bonds. The predicted octanol–water partition coefficient (Wildman–Crippen LogP) is 0.0592. The molecule has 1 unspecified atom stereocenters. The van der Waals surface area contributed by atoms with E-state index in [1.54, 1.807) is 12.1 Å². The van der Waals surface area contributed by atoms with E-state index in [1.807, 2.05) is 18.2 Å². The minimum atomic E-state index is -3.79. The van der Waals surface area contributed by atoms with Gasteiger partial charge in [-0.25, -0.2) is 4.79 Å². The molecule has 0 saturated heterocycles. The van der Waals surface area contributed by atoms with Gasteiger partial charge in [0.1, 0.15) is 6.04 Å². The summed E-state index contributed by atoms with van der Waals surface area (Å²) in [6, 6.07) is 8.08. The Morgan fingerprint density at radius 2 is 1.94 bits per heavy atom. The standard InChI is InChI=1S/C10H13NO4S/c1-16(13,14)15-10(12)9(11)7-8-5-3-2-4-6-8/h2-6,9H,7,11H2,1H3. The zero-order chi connectivity index (χ0) is 12.2. The monoisotopic (exact) mass is 243 g/mol. The predicted molar refractivity (Wildman–Crippen MR) is 59.1 cm³/mol. The molecule has 16 heavy (non-hydrogen) atoms. The lowest BCUT2D eigenvalue weighted by molar-refractivity contribution is -0.135. The van der Waals surface area contributed by atoms with Crippen LogP contribution in [0, 0.1) is 0 Å². The fourth-order valence-electron chi connectivity index (χ4n) is 1.16. The van der Waals surface area contributed by atoms with Crippen LogP contribution in [0.1, 0.15) is 5.56 Å². The van der Waals surface area contributed by atoms with Crippen LogP contribution in [0.5, 0.6) is 0 Å². The van der Waals surface area contributed by atoms with Crippen molar-refractivity contribution in [2.45, 2.75) is 12.5 Å². The Morgan fingerprint density at radius 3 is 2.44 bits per heavy atom. The third kappa shape index (κ3) is 4.41. The normalized spacial score (nSPS) is 13.1. The van der Waals surface area contributed by atoms with E-state index in [0.717, 1.165) is 11.8 Å². The van der Waals surface area contributed by atoms with Crippen molar-refractivity contribution in [1.82, 2.24) is 0 Å². The van der Waals surface area contributed by atoms with Crippen molar-refractivity contribution >= 4 is 16.1 Å². The number of carbonyl (C=O) groups is 1. The number of nitrogens with two attached hydrogens (primary N) is 1. The first-order valence-electron chi connectivity index (χ1n) is 4.61. The molecule has 1 aromatic rings. The molecule has 0 aromatic heterocycles. The summed E-state index contributed by atoms with van der Waals surface area (Å²) >= 11 is 0. The molecule has 1 aromatic carbocycles. The van der Waals surface area contributed by atoms with Crippen molar-refractivity contribution in [3.8, 4) is 0 Å². The first kappa shape index (κ1) is 12.7. The lowest BCUT2D eigenvalue weighted by Crippen LogP contribution is -2.35. The molecule has 5 nitrogen and oxygen atoms in total. The Kier molecular flexibility index (Phi) is 4.03. The smallest absolute Gasteiger partial charge is 0.339 e. The molecular weight excluding hydrogens is 230 g/mol. The summed E-state index contributed by atoms with van der Waals surface area (Å²) in [5.74, 6) is -0.939. The Bertz CT molecular complexity index is 455. The van der Waals surface area contributed by atoms with E-state index in [9.17, 15) is 13.2 Å². The molecule has 0 heterocycles. The summed E-state index contributed by atoms with van der Waals surface area (Å²) in [6.07, 6.45) is 1.05. The molecule has 0 aliphatic carbocycles. The summed E-state index contributed by atoms with van der Waals surface area (Å²) in [7, 11) is -3.79. The zero-order valence-corrected chi connectivity index (χ0v) is 9.61. The summed E-state index contributed by atoms with van der Waals surface area (Å²) in [6.45, 7) is 0. The van der Waals surface area contributed by atoms with Crippen molar-refractivity contribution in [3.63, 3.8) is 0 Å². The van der Waals surface area contributed by atoms with Gasteiger partial charge in [-0.15, -0.1) is 0 Å². The fourth-order valence-corrected chi connectivity index (χ4v) is 1.58. The van der Waals surface area contributed by atoms with Crippen LogP contribution >= 0.6 is 0 Å². The molecule has 1 atom stereocenters. The number of hydrogen-bond acceptors (Lipinski definition) is 5. The van der Waals surface area contributed by atoms with E-state index in [2.05, 4.69) is 4.18 Å². The van der Waals surface area contributed by atoms with Crippen LogP contribution in [0.3, 0.4) is 0 Å². The third-order valence-electron chi connectivity index (χ3n) is 1.83. The van der Waals surface area contributed by atoms with Crippen LogP contribution in [0.15, 0.2) is 30.3 Å². The Balaban J connectivity index is 2.60. The molecule has 2 N–H and O–H groups in total. The highest BCUT2D eigenvalue weighted by atomic mass is 32.2. The fraction of sp³-hybridized carbons (Fsp3) is 0.300. The highest BCUT2D eigenvalue weighted by molar-refractivity contribution is 7.86. The van der Waals surface area contributed by atoms with Gasteiger partial charge in [0.15, 0.2) is 0 Å². The molecule has 0 fully saturated rings. The van der Waals surface area contributed by atoms with Gasteiger partial charge in [-0.2, -0.15) is 8.42 Å². The Morgan fingerprint density at radius 1 is 1.38 bits per heavy atom. The molecule has 1 rings (SSSR count). The number of carbonyl (C=O) groups excluding carboxylic acids is 1. The first-order chi connectivity index (χ1) is 7.38. The Labute approximate surface area is 94.3 Å². The van der Waals surface area contributed by atoms with Gasteiger partial charge in [0, 0.05) is 0 Å². The minimum absolute atomic E-state index is 0.245. The van der Waals surface area contributed by atoms with Crippen LogP contribution in [-0.2, 0) is 25.5 Å². The largest absolute Gasteiger partial charge is 0.344 e. The van der Waals surface area contributed by atoms with Gasteiger partial charge in [-0.3, -0.25) is 0 Å². The molecular formula is C10H13NO4S. The van der Waals surface area contributed by atoms with Crippen LogP contribution < -0.4 is 5.73 Å². The summed E-state index contributed by atoms with van der Waals surface area (Å²) in [4.78, 5) is 11.2. The maximum absolute atomic E-state index is 11.2. The van der Waals surface area contributed by atoms with E-state index in [1.165, 1.54) is 0 Å². The second-order valence-corrected chi connectivity index (χ2v) is 4.98. The topological polar surface area (TPSA) is 86.5 Å². The Hall–Kier alpha value is -1.40. The molecule has 0 bridgehead atoms. The lowest BCUT2D eigenvalue weighted by atomic mass is 10.1. The van der Waals surface area contributed by atoms with Crippen molar-refractivity contribution in [2.75, 3.05) is 6.26 Å². The molecule has 0 aliphatic rings. The maximum atomic E-state index is 11.2. The minimum Gasteiger partial charge on any atom is -0.344 e. The van der Waals surface area contributed by atoms with Crippen LogP contribution in [0.2, 0.25) is 0 Å². The van der Waals surface area contributed by atoms with E-state index >= 15 is 0 Å². The number of benzene rings is 1. The van der Waals surface area contributed by atoms with Gasteiger partial charge in [-0.1, -0.05) is 30.3 Å². The van der Waals surface area contributed by atoms with Crippen LogP contribution in [0.25, 0.3) is 0 Å². The highest BCUT2D eigenvalue weighted by Gasteiger charge is 2.19. The van der Waals surface area contributed by atoms with Gasteiger partial charge < -0.3 is 9.92 Å². The SMILES string of the molecule is CS(=O)(=O)OC(=O)C(N)Cc1ccccc1. The molecule has 0 aliphatic heterocycles. The summed E-state index contributed by atoms with van der Waals surface area (Å²) in [5.41, 5.74) is 6.37. The molecule has 0 saturated carbocycles. The van der Waals surface area contributed by atoms with Gasteiger partial charge in [0.2, 0.25) is 0 Å². The average Bonchev–Trinajstić information content (AvgIpc) is 2.16. The second-order valence-electron chi connectivity index (χ2n) is 3.40. The van der Waals surface area contributed by atoms with Crippen molar-refractivity contribution in [3.05, 3.63) is 35.9 Å². The van der Waals surface area contributed by atoms with Gasteiger partial charge in [0.25, 0.3) is 0 Å². The van der Waals surface area contributed by atoms with Crippen LogP contribution in [-0.4, -0.2) is 26.7 Å².